The number of hydrogen-bond acceptors (Lipinski definition) is 3. The second-order valence-electron chi connectivity index (χ2n) is 7.28. The van der Waals surface area contributed by atoms with Crippen LogP contribution in [0.4, 0.5) is 5.69 Å². The van der Waals surface area contributed by atoms with Gasteiger partial charge in [0.15, 0.2) is 0 Å². The van der Waals surface area contributed by atoms with Gasteiger partial charge in [0.2, 0.25) is 0 Å². The zero-order valence-electron chi connectivity index (χ0n) is 16.4. The number of carbonyl (C=O) groups is 3. The van der Waals surface area contributed by atoms with Gasteiger partial charge in [-0.05, 0) is 50.1 Å². The van der Waals surface area contributed by atoms with Crippen molar-refractivity contribution in [2.75, 3.05) is 18.4 Å². The third kappa shape index (κ3) is 4.22. The van der Waals surface area contributed by atoms with E-state index in [0.717, 1.165) is 16.8 Å². The van der Waals surface area contributed by atoms with E-state index in [1.807, 2.05) is 57.2 Å². The van der Waals surface area contributed by atoms with Gasteiger partial charge in [-0.2, -0.15) is 0 Å². The number of amides is 3. The van der Waals surface area contributed by atoms with Gasteiger partial charge in [0.25, 0.3) is 5.91 Å². The standard InChI is InChI=1S/C22H25N3O3/c1-15(2)25-13-12-24(21(27)22(25)28)14-17-8-10-18(11-9-17)20(26)23-19-7-5-4-6-16(19)3/h4-11,15H,12-14H2,1-3H3,(H,23,26). The summed E-state index contributed by atoms with van der Waals surface area (Å²) in [6, 6.07) is 14.7. The molecule has 1 heterocycles. The first-order valence-corrected chi connectivity index (χ1v) is 9.42. The first kappa shape index (κ1) is 19.6. The van der Waals surface area contributed by atoms with Gasteiger partial charge < -0.3 is 15.1 Å². The molecule has 1 aliphatic rings. The summed E-state index contributed by atoms with van der Waals surface area (Å²) in [6.07, 6.45) is 0. The Bertz CT molecular complexity index is 890. The predicted octanol–water partition coefficient (Wildman–Crippen LogP) is 2.83. The molecule has 28 heavy (non-hydrogen) atoms. The largest absolute Gasteiger partial charge is 0.330 e. The summed E-state index contributed by atoms with van der Waals surface area (Å²) in [5, 5.41) is 2.90. The Morgan fingerprint density at radius 2 is 1.68 bits per heavy atom. The van der Waals surface area contributed by atoms with Gasteiger partial charge in [-0.1, -0.05) is 30.3 Å². The minimum Gasteiger partial charge on any atom is -0.330 e. The average Bonchev–Trinajstić information content (AvgIpc) is 2.67. The molecule has 0 aliphatic carbocycles. The van der Waals surface area contributed by atoms with Crippen molar-refractivity contribution in [3.05, 3.63) is 65.2 Å². The van der Waals surface area contributed by atoms with Crippen molar-refractivity contribution in [3.8, 4) is 0 Å². The zero-order chi connectivity index (χ0) is 20.3. The third-order valence-electron chi connectivity index (χ3n) is 4.95. The lowest BCUT2D eigenvalue weighted by Gasteiger charge is -2.36. The predicted molar refractivity (Wildman–Crippen MR) is 108 cm³/mol. The first-order valence-electron chi connectivity index (χ1n) is 9.42. The number of benzene rings is 2. The smallest absolute Gasteiger partial charge is 0.312 e. The molecule has 146 valence electrons. The van der Waals surface area contributed by atoms with E-state index in [-0.39, 0.29) is 11.9 Å². The van der Waals surface area contributed by atoms with Crippen LogP contribution in [0.25, 0.3) is 0 Å². The maximum Gasteiger partial charge on any atom is 0.312 e. The van der Waals surface area contributed by atoms with Gasteiger partial charge >= 0.3 is 11.8 Å². The molecule has 0 aromatic heterocycles. The second kappa shape index (κ2) is 8.25. The molecule has 1 N–H and O–H groups in total. The maximum atomic E-state index is 12.4. The highest BCUT2D eigenvalue weighted by atomic mass is 16.2. The SMILES string of the molecule is Cc1ccccc1NC(=O)c1ccc(CN2CCN(C(C)C)C(=O)C2=O)cc1. The molecule has 6 heteroatoms. The lowest BCUT2D eigenvalue weighted by Crippen LogP contribution is -2.55. The molecule has 1 aliphatic heterocycles. The number of piperazine rings is 1. The summed E-state index contributed by atoms with van der Waals surface area (Å²) in [6.45, 7) is 7.16. The van der Waals surface area contributed by atoms with Crippen LogP contribution in [-0.4, -0.2) is 46.7 Å². The number of aryl methyl sites for hydroxylation is 1. The fourth-order valence-corrected chi connectivity index (χ4v) is 3.22. The highest BCUT2D eigenvalue weighted by molar-refractivity contribution is 6.35. The van der Waals surface area contributed by atoms with Crippen molar-refractivity contribution >= 4 is 23.4 Å². The normalized spacial score (nSPS) is 14.6. The first-order chi connectivity index (χ1) is 13.4. The monoisotopic (exact) mass is 379 g/mol. The maximum absolute atomic E-state index is 12.4. The highest BCUT2D eigenvalue weighted by Crippen LogP contribution is 2.16. The molecular weight excluding hydrogens is 354 g/mol. The van der Waals surface area contributed by atoms with Crippen LogP contribution in [0, 0.1) is 6.92 Å². The van der Waals surface area contributed by atoms with Crippen molar-refractivity contribution in [1.82, 2.24) is 9.80 Å². The summed E-state index contributed by atoms with van der Waals surface area (Å²) in [4.78, 5) is 40.1. The third-order valence-corrected chi connectivity index (χ3v) is 4.95. The van der Waals surface area contributed by atoms with E-state index in [1.165, 1.54) is 0 Å². The average molecular weight is 379 g/mol. The van der Waals surface area contributed by atoms with Gasteiger partial charge in [0.1, 0.15) is 0 Å². The summed E-state index contributed by atoms with van der Waals surface area (Å²) in [5.41, 5.74) is 3.20. The van der Waals surface area contributed by atoms with Crippen LogP contribution >= 0.6 is 0 Å². The molecule has 2 aromatic rings. The molecule has 1 saturated heterocycles. The van der Waals surface area contributed by atoms with E-state index >= 15 is 0 Å². The molecule has 0 saturated carbocycles. The molecule has 0 radical (unpaired) electrons. The highest BCUT2D eigenvalue weighted by Gasteiger charge is 2.33. The Morgan fingerprint density at radius 3 is 2.32 bits per heavy atom. The van der Waals surface area contributed by atoms with Crippen LogP contribution < -0.4 is 5.32 Å². The summed E-state index contributed by atoms with van der Waals surface area (Å²) >= 11 is 0. The topological polar surface area (TPSA) is 69.7 Å². The lowest BCUT2D eigenvalue weighted by molar-refractivity contribution is -0.157. The van der Waals surface area contributed by atoms with Crippen LogP contribution in [0.5, 0.6) is 0 Å². The zero-order valence-corrected chi connectivity index (χ0v) is 16.4. The summed E-state index contributed by atoms with van der Waals surface area (Å²) in [7, 11) is 0. The molecular formula is C22H25N3O3. The Balaban J connectivity index is 1.63. The fourth-order valence-electron chi connectivity index (χ4n) is 3.22. The van der Waals surface area contributed by atoms with E-state index in [1.54, 1.807) is 21.9 Å². The molecule has 6 nitrogen and oxygen atoms in total. The number of hydrogen-bond donors (Lipinski definition) is 1. The fraction of sp³-hybridized carbons (Fsp3) is 0.318. The van der Waals surface area contributed by atoms with Crippen molar-refractivity contribution < 1.29 is 14.4 Å². The minimum atomic E-state index is -0.471. The van der Waals surface area contributed by atoms with E-state index in [0.29, 0.717) is 25.2 Å². The molecule has 0 unspecified atom stereocenters. The van der Waals surface area contributed by atoms with Crippen LogP contribution in [0.1, 0.15) is 35.3 Å². The second-order valence-corrected chi connectivity index (χ2v) is 7.28. The van der Waals surface area contributed by atoms with Crippen molar-refractivity contribution in [2.24, 2.45) is 0 Å². The Morgan fingerprint density at radius 1 is 1.00 bits per heavy atom. The minimum absolute atomic E-state index is 0.0182. The summed E-state index contributed by atoms with van der Waals surface area (Å²) in [5.74, 6) is -1.10. The number of rotatable bonds is 5. The molecule has 3 amide bonds. The Labute approximate surface area is 165 Å². The molecule has 0 bridgehead atoms. The van der Waals surface area contributed by atoms with Gasteiger partial charge in [-0.3, -0.25) is 14.4 Å². The van der Waals surface area contributed by atoms with Gasteiger partial charge in [0, 0.05) is 36.9 Å². The Hall–Kier alpha value is -3.15. The van der Waals surface area contributed by atoms with Crippen LogP contribution in [0.3, 0.4) is 0 Å². The molecule has 2 aromatic carbocycles. The van der Waals surface area contributed by atoms with E-state index in [2.05, 4.69) is 5.32 Å². The van der Waals surface area contributed by atoms with Crippen LogP contribution in [-0.2, 0) is 16.1 Å². The molecule has 1 fully saturated rings. The van der Waals surface area contributed by atoms with E-state index in [4.69, 9.17) is 0 Å². The van der Waals surface area contributed by atoms with E-state index < -0.39 is 11.8 Å². The Kier molecular flexibility index (Phi) is 5.78. The van der Waals surface area contributed by atoms with Crippen molar-refractivity contribution in [2.45, 2.75) is 33.4 Å². The van der Waals surface area contributed by atoms with Gasteiger partial charge in [-0.15, -0.1) is 0 Å². The molecule has 0 atom stereocenters. The summed E-state index contributed by atoms with van der Waals surface area (Å²) < 4.78 is 0. The van der Waals surface area contributed by atoms with Gasteiger partial charge in [-0.25, -0.2) is 0 Å². The lowest BCUT2D eigenvalue weighted by atomic mass is 10.1. The molecule has 3 rings (SSSR count). The quantitative estimate of drug-likeness (QED) is 0.812. The van der Waals surface area contributed by atoms with E-state index in [9.17, 15) is 14.4 Å². The number of nitrogens with zero attached hydrogens (tertiary/aromatic N) is 2. The van der Waals surface area contributed by atoms with Crippen molar-refractivity contribution in [3.63, 3.8) is 0 Å². The van der Waals surface area contributed by atoms with Crippen molar-refractivity contribution in [1.29, 1.82) is 0 Å². The van der Waals surface area contributed by atoms with Gasteiger partial charge in [0.05, 0.1) is 0 Å². The van der Waals surface area contributed by atoms with Crippen LogP contribution in [0.2, 0.25) is 0 Å². The number of para-hydroxylation sites is 1. The molecule has 0 spiro atoms. The van der Waals surface area contributed by atoms with Crippen LogP contribution in [0.15, 0.2) is 48.5 Å². The number of anilines is 1. The number of nitrogens with one attached hydrogen (secondary N) is 1. The number of carbonyl (C=O) groups excluding carboxylic acids is 3.